The van der Waals surface area contributed by atoms with Crippen LogP contribution >= 0.6 is 0 Å². The average molecular weight is 324 g/mol. The number of carbonyl (C=O) groups excluding carboxylic acids is 2. The fourth-order valence-corrected chi connectivity index (χ4v) is 2.45. The predicted octanol–water partition coefficient (Wildman–Crippen LogP) is 3.05. The number of hydrogen-bond acceptors (Lipinski definition) is 5. The molecule has 0 aromatic carbocycles. The van der Waals surface area contributed by atoms with Gasteiger partial charge in [-0.3, -0.25) is 4.79 Å². The van der Waals surface area contributed by atoms with Crippen LogP contribution in [0, 0.1) is 10.8 Å². The Morgan fingerprint density at radius 3 is 2.35 bits per heavy atom. The van der Waals surface area contributed by atoms with E-state index in [1.165, 1.54) is 6.08 Å². The summed E-state index contributed by atoms with van der Waals surface area (Å²) in [5, 5.41) is 0. The van der Waals surface area contributed by atoms with Crippen molar-refractivity contribution in [3.8, 4) is 0 Å². The van der Waals surface area contributed by atoms with Gasteiger partial charge in [-0.25, -0.2) is 4.79 Å². The number of hydrogen-bond donors (Lipinski definition) is 0. The first-order chi connectivity index (χ1) is 10.8. The van der Waals surface area contributed by atoms with Crippen LogP contribution in [0.3, 0.4) is 0 Å². The van der Waals surface area contributed by atoms with Crippen molar-refractivity contribution < 1.29 is 23.8 Å². The summed E-state index contributed by atoms with van der Waals surface area (Å²) >= 11 is 0. The minimum absolute atomic E-state index is 0.0385. The third-order valence-corrected chi connectivity index (χ3v) is 4.35. The lowest BCUT2D eigenvalue weighted by Crippen LogP contribution is -2.48. The van der Waals surface area contributed by atoms with Gasteiger partial charge in [0, 0.05) is 23.3 Å². The van der Waals surface area contributed by atoms with Crippen LogP contribution in [0.1, 0.15) is 40.0 Å². The highest BCUT2D eigenvalue weighted by Crippen LogP contribution is 2.38. The summed E-state index contributed by atoms with van der Waals surface area (Å²) in [5.74, 6) is -0.420. The number of carbonyl (C=O) groups is 2. The van der Waals surface area contributed by atoms with Crippen LogP contribution in [0.25, 0.3) is 0 Å². The molecule has 1 aliphatic heterocycles. The quantitative estimate of drug-likeness (QED) is 0.482. The molecule has 0 saturated carbocycles. The van der Waals surface area contributed by atoms with Crippen LogP contribution in [0.4, 0.5) is 0 Å². The zero-order chi connectivity index (χ0) is 17.5. The molecular formula is C18H28O5. The van der Waals surface area contributed by atoms with E-state index in [4.69, 9.17) is 14.2 Å². The van der Waals surface area contributed by atoms with Gasteiger partial charge in [0.1, 0.15) is 6.61 Å². The van der Waals surface area contributed by atoms with E-state index in [1.54, 1.807) is 0 Å². The Balaban J connectivity index is 2.57. The maximum atomic E-state index is 11.5. The van der Waals surface area contributed by atoms with Crippen molar-refractivity contribution in [1.82, 2.24) is 0 Å². The smallest absolute Gasteiger partial charge is 0.330 e. The predicted molar refractivity (Wildman–Crippen MR) is 87.8 cm³/mol. The summed E-state index contributed by atoms with van der Waals surface area (Å²) in [6, 6.07) is 0. The first kappa shape index (κ1) is 19.6. The van der Waals surface area contributed by atoms with Crippen LogP contribution in [0.15, 0.2) is 25.3 Å². The van der Waals surface area contributed by atoms with Gasteiger partial charge in [-0.1, -0.05) is 33.9 Å². The Morgan fingerprint density at radius 2 is 1.87 bits per heavy atom. The summed E-state index contributed by atoms with van der Waals surface area (Å²) in [7, 11) is 0. The van der Waals surface area contributed by atoms with E-state index < -0.39 is 17.7 Å². The molecule has 0 atom stereocenters. The molecular weight excluding hydrogens is 296 g/mol. The van der Waals surface area contributed by atoms with Gasteiger partial charge in [-0.05, 0) is 18.9 Å². The molecule has 23 heavy (non-hydrogen) atoms. The largest absolute Gasteiger partial charge is 0.462 e. The highest BCUT2D eigenvalue weighted by Gasteiger charge is 2.42. The van der Waals surface area contributed by atoms with Crippen LogP contribution in [0.2, 0.25) is 0 Å². The molecule has 0 N–H and O–H groups in total. The molecule has 1 aliphatic rings. The van der Waals surface area contributed by atoms with Gasteiger partial charge in [0.05, 0.1) is 13.2 Å². The molecule has 0 aliphatic carbocycles. The van der Waals surface area contributed by atoms with Gasteiger partial charge < -0.3 is 14.2 Å². The number of rotatable bonds is 9. The van der Waals surface area contributed by atoms with Crippen molar-refractivity contribution in [2.24, 2.45) is 10.8 Å². The fraction of sp³-hybridized carbons (Fsp3) is 0.667. The summed E-state index contributed by atoms with van der Waals surface area (Å²) in [6.45, 7) is 14.0. The second-order valence-corrected chi connectivity index (χ2v) is 6.78. The Morgan fingerprint density at radius 1 is 1.26 bits per heavy atom. The second kappa shape index (κ2) is 8.41. The molecule has 0 aromatic heterocycles. The van der Waals surface area contributed by atoms with Crippen molar-refractivity contribution >= 4 is 11.8 Å². The van der Waals surface area contributed by atoms with Gasteiger partial charge in [-0.15, -0.1) is 0 Å². The molecule has 0 bridgehead atoms. The van der Waals surface area contributed by atoms with Crippen LogP contribution in [-0.4, -0.2) is 37.9 Å². The Bertz CT molecular complexity index is 444. The molecule has 0 aromatic rings. The molecule has 5 nitrogen and oxygen atoms in total. The van der Waals surface area contributed by atoms with Crippen molar-refractivity contribution in [2.45, 2.75) is 46.3 Å². The normalized spacial score (nSPS) is 24.7. The third-order valence-electron chi connectivity index (χ3n) is 4.35. The molecule has 1 saturated heterocycles. The molecule has 130 valence electrons. The number of esters is 1. The van der Waals surface area contributed by atoms with E-state index in [2.05, 4.69) is 20.1 Å². The Labute approximate surface area is 138 Å². The Hall–Kier alpha value is -1.46. The first-order valence-electron chi connectivity index (χ1n) is 7.96. The van der Waals surface area contributed by atoms with Gasteiger partial charge in [0.2, 0.25) is 0 Å². The van der Waals surface area contributed by atoms with Gasteiger partial charge in [-0.2, -0.15) is 0 Å². The van der Waals surface area contributed by atoms with E-state index in [0.717, 1.165) is 12.5 Å². The highest BCUT2D eigenvalue weighted by molar-refractivity contribution is 5.89. The van der Waals surface area contributed by atoms with Crippen molar-refractivity contribution in [3.05, 3.63) is 25.3 Å². The number of allylic oxidation sites excluding steroid dienone is 1. The lowest BCUT2D eigenvalue weighted by atomic mass is 9.80. The fourth-order valence-electron chi connectivity index (χ4n) is 2.45. The van der Waals surface area contributed by atoms with Crippen LogP contribution < -0.4 is 0 Å². The average Bonchev–Trinajstić information content (AvgIpc) is 2.57. The molecule has 1 rings (SSSR count). The second-order valence-electron chi connectivity index (χ2n) is 6.78. The summed E-state index contributed by atoms with van der Waals surface area (Å²) < 4.78 is 16.9. The van der Waals surface area contributed by atoms with E-state index in [1.807, 2.05) is 13.8 Å². The lowest BCUT2D eigenvalue weighted by molar-refractivity contribution is -0.276. The van der Waals surface area contributed by atoms with E-state index in [9.17, 15) is 9.59 Å². The topological polar surface area (TPSA) is 61.8 Å². The molecule has 0 spiro atoms. The zero-order valence-electron chi connectivity index (χ0n) is 14.4. The number of ether oxygens (including phenoxy) is 3. The molecule has 1 fully saturated rings. The molecule has 1 heterocycles. The maximum Gasteiger partial charge on any atom is 0.330 e. The monoisotopic (exact) mass is 324 g/mol. The van der Waals surface area contributed by atoms with Crippen molar-refractivity contribution in [1.29, 1.82) is 0 Å². The van der Waals surface area contributed by atoms with E-state index >= 15 is 0 Å². The molecule has 0 amide bonds. The van der Waals surface area contributed by atoms with E-state index in [-0.39, 0.29) is 17.8 Å². The molecule has 0 unspecified atom stereocenters. The zero-order valence-corrected chi connectivity index (χ0v) is 14.4. The number of ketones is 1. The maximum absolute atomic E-state index is 11.5. The Kier molecular flexibility index (Phi) is 7.16. The summed E-state index contributed by atoms with van der Waals surface area (Å²) in [4.78, 5) is 22.7. The first-order valence-corrected chi connectivity index (χ1v) is 7.96. The van der Waals surface area contributed by atoms with E-state index in [0.29, 0.717) is 26.1 Å². The summed E-state index contributed by atoms with van der Waals surface area (Å²) in [6.07, 6.45) is 4.08. The summed E-state index contributed by atoms with van der Waals surface area (Å²) in [5.41, 5.74) is -0.613. The standard InChI is InChI=1S/C18H28O5/c1-6-14(19)9-10-18(8-3)12-22-16(23-13-18)17(4,5)11-21-15(20)7-2/h6-7,16H,1-2,8-13H2,3-5H3. The van der Waals surface area contributed by atoms with Crippen LogP contribution in [0.5, 0.6) is 0 Å². The molecule has 5 heteroatoms. The lowest BCUT2D eigenvalue weighted by Gasteiger charge is -2.44. The van der Waals surface area contributed by atoms with Crippen LogP contribution in [-0.2, 0) is 23.8 Å². The minimum Gasteiger partial charge on any atom is -0.462 e. The van der Waals surface area contributed by atoms with Crippen molar-refractivity contribution in [3.63, 3.8) is 0 Å². The van der Waals surface area contributed by atoms with Crippen molar-refractivity contribution in [2.75, 3.05) is 19.8 Å². The molecule has 0 radical (unpaired) electrons. The SMILES string of the molecule is C=CC(=O)CCC1(CC)COC(C(C)(C)COC(=O)C=C)OC1. The van der Waals surface area contributed by atoms with Gasteiger partial charge in [0.25, 0.3) is 0 Å². The van der Waals surface area contributed by atoms with Gasteiger partial charge in [0.15, 0.2) is 12.1 Å². The highest BCUT2D eigenvalue weighted by atomic mass is 16.7. The minimum atomic E-state index is -0.463. The third kappa shape index (κ3) is 5.59. The van der Waals surface area contributed by atoms with Gasteiger partial charge >= 0.3 is 5.97 Å².